The van der Waals surface area contributed by atoms with Crippen LogP contribution in [-0.4, -0.2) is 9.52 Å². The second-order valence-corrected chi connectivity index (χ2v) is 13.6. The van der Waals surface area contributed by atoms with Crippen molar-refractivity contribution in [2.45, 2.75) is 99.5 Å². The Labute approximate surface area is 297 Å². The first kappa shape index (κ1) is 41.6. The van der Waals surface area contributed by atoms with Gasteiger partial charge >= 0.3 is 26.2 Å². The van der Waals surface area contributed by atoms with E-state index >= 15 is 0 Å². The molecule has 0 aliphatic heterocycles. The van der Waals surface area contributed by atoms with E-state index in [2.05, 4.69) is 149 Å². The molecule has 0 spiro atoms. The van der Waals surface area contributed by atoms with Gasteiger partial charge in [0.15, 0.2) is 0 Å². The quantitative estimate of drug-likeness (QED) is 0.172. The maximum Gasteiger partial charge on any atom is 4.00 e. The van der Waals surface area contributed by atoms with Crippen LogP contribution in [0.2, 0.25) is 6.55 Å². The first-order valence-electron chi connectivity index (χ1n) is 15.1. The summed E-state index contributed by atoms with van der Waals surface area (Å²) in [6.45, 7) is 24.7. The number of rotatable bonds is 5. The van der Waals surface area contributed by atoms with Crippen molar-refractivity contribution in [2.75, 3.05) is 0 Å². The van der Waals surface area contributed by atoms with Crippen molar-refractivity contribution in [1.29, 1.82) is 0 Å². The van der Waals surface area contributed by atoms with Crippen LogP contribution in [0.25, 0.3) is 21.5 Å². The van der Waals surface area contributed by atoms with Crippen molar-refractivity contribution in [2.24, 2.45) is 0 Å². The van der Waals surface area contributed by atoms with Gasteiger partial charge in [0, 0.05) is 0 Å². The number of aryl methyl sites for hydroxylation is 2. The minimum absolute atomic E-state index is 0. The zero-order valence-electron chi connectivity index (χ0n) is 28.1. The molecule has 4 heteroatoms. The molecule has 0 saturated heterocycles. The van der Waals surface area contributed by atoms with Crippen molar-refractivity contribution in [1.82, 2.24) is 0 Å². The maximum atomic E-state index is 2.39. The summed E-state index contributed by atoms with van der Waals surface area (Å²) in [6, 6.07) is 29.2. The number of halogens is 2. The molecule has 0 amide bonds. The molecular weight excluding hydrogens is 659 g/mol. The molecule has 0 bridgehead atoms. The molecule has 0 aromatic heterocycles. The van der Waals surface area contributed by atoms with Crippen molar-refractivity contribution < 1.29 is 51.0 Å². The van der Waals surface area contributed by atoms with Crippen molar-refractivity contribution in [3.05, 3.63) is 112 Å². The van der Waals surface area contributed by atoms with Crippen LogP contribution in [0.4, 0.5) is 0 Å². The normalized spacial score (nSPS) is 10.6. The average molecular weight is 709 g/mol. The fourth-order valence-corrected chi connectivity index (χ4v) is 5.80. The largest absolute Gasteiger partial charge is 4.00 e. The standard InChI is InChI=1S/2C16H21.C7H8Si.2ClH.Zr/c2*1-10(2)13-8-14-6-12(5)7-16(14)15(9-13)11(3)4;1-8-7-5-3-2-4-6-7;;;/h2*6-11H,1-5H3;2-6H,1H3;2*1H;/q2*-1;;;;+4/p-2. The summed E-state index contributed by atoms with van der Waals surface area (Å²) in [5, 5.41) is 7.14. The predicted molar refractivity (Wildman–Crippen MR) is 183 cm³/mol. The predicted octanol–water partition coefficient (Wildman–Crippen LogP) is 5.30. The molecule has 43 heavy (non-hydrogen) atoms. The molecule has 0 N–H and O–H groups in total. The summed E-state index contributed by atoms with van der Waals surface area (Å²) >= 11 is 0. The van der Waals surface area contributed by atoms with Crippen LogP contribution in [0.1, 0.15) is 112 Å². The van der Waals surface area contributed by atoms with Gasteiger partial charge < -0.3 is 24.8 Å². The van der Waals surface area contributed by atoms with Crippen LogP contribution in [0, 0.1) is 13.8 Å². The topological polar surface area (TPSA) is 0 Å². The monoisotopic (exact) mass is 706 g/mol. The van der Waals surface area contributed by atoms with Crippen LogP contribution in [0.15, 0.2) is 78.9 Å². The zero-order chi connectivity index (χ0) is 29.6. The molecule has 5 aromatic rings. The van der Waals surface area contributed by atoms with Crippen LogP contribution >= 0.6 is 0 Å². The van der Waals surface area contributed by atoms with Gasteiger partial charge in [-0.3, -0.25) is 0 Å². The molecule has 5 rings (SSSR count). The Kier molecular flexibility index (Phi) is 18.5. The van der Waals surface area contributed by atoms with Crippen LogP contribution in [-0.2, 0) is 26.2 Å². The molecule has 0 unspecified atom stereocenters. The van der Waals surface area contributed by atoms with Crippen molar-refractivity contribution in [3.63, 3.8) is 0 Å². The summed E-state index contributed by atoms with van der Waals surface area (Å²) < 4.78 is 0. The first-order valence-corrected chi connectivity index (χ1v) is 16.6. The third-order valence-electron chi connectivity index (χ3n) is 7.68. The fraction of sp³-hybridized carbons (Fsp3) is 0.385. The fourth-order valence-electron chi connectivity index (χ4n) is 5.27. The van der Waals surface area contributed by atoms with Crippen molar-refractivity contribution >= 4 is 36.3 Å². The van der Waals surface area contributed by atoms with E-state index in [0.29, 0.717) is 23.7 Å². The Balaban J connectivity index is 0.000000625. The number of benzene rings is 3. The van der Waals surface area contributed by atoms with Crippen LogP contribution in [0.3, 0.4) is 0 Å². The summed E-state index contributed by atoms with van der Waals surface area (Å²) in [7, 11) is 0.930. The molecule has 0 atom stereocenters. The SMILES string of the molecule is C[Si]c1ccccc1.Cc1cc2c(C(C)C)cc(C(C)C)cc2[cH-]1.Cc1cc2c(C(C)C)cc(C(C)C)cc2[cH-]1.[Cl-].[Cl-].[Zr+4]. The molecule has 0 nitrogen and oxygen atoms in total. The molecule has 0 heterocycles. The van der Waals surface area contributed by atoms with Gasteiger partial charge in [0.1, 0.15) is 0 Å². The van der Waals surface area contributed by atoms with E-state index in [1.807, 2.05) is 6.07 Å². The van der Waals surface area contributed by atoms with E-state index in [4.69, 9.17) is 0 Å². The van der Waals surface area contributed by atoms with Gasteiger partial charge in [-0.25, -0.2) is 0 Å². The molecular formula is C39H50Cl2SiZr. The molecule has 5 aromatic carbocycles. The van der Waals surface area contributed by atoms with Gasteiger partial charge in [-0.1, -0.05) is 146 Å². The number of fused-ring (bicyclic) bond motifs is 2. The van der Waals surface area contributed by atoms with E-state index < -0.39 is 0 Å². The van der Waals surface area contributed by atoms with Gasteiger partial charge in [-0.2, -0.15) is 12.1 Å². The van der Waals surface area contributed by atoms with Gasteiger partial charge in [-0.15, -0.1) is 56.9 Å². The van der Waals surface area contributed by atoms with E-state index in [0.717, 1.165) is 9.52 Å². The third-order valence-corrected chi connectivity index (χ3v) is 8.59. The zero-order valence-corrected chi connectivity index (χ0v) is 33.0. The van der Waals surface area contributed by atoms with Gasteiger partial charge in [0.25, 0.3) is 0 Å². The molecule has 0 aliphatic rings. The Morgan fingerprint density at radius 1 is 0.535 bits per heavy atom. The van der Waals surface area contributed by atoms with Gasteiger partial charge in [0.2, 0.25) is 0 Å². The summed E-state index contributed by atoms with van der Waals surface area (Å²) in [5.41, 5.74) is 8.66. The molecule has 0 fully saturated rings. The minimum atomic E-state index is 0. The van der Waals surface area contributed by atoms with E-state index in [-0.39, 0.29) is 51.0 Å². The van der Waals surface area contributed by atoms with E-state index in [1.54, 1.807) is 0 Å². The van der Waals surface area contributed by atoms with Crippen molar-refractivity contribution in [3.8, 4) is 0 Å². The Hall–Kier alpha value is -1.44. The van der Waals surface area contributed by atoms with E-state index in [1.165, 1.54) is 60.1 Å². The number of hydrogen-bond acceptors (Lipinski definition) is 0. The van der Waals surface area contributed by atoms with E-state index in [9.17, 15) is 0 Å². The summed E-state index contributed by atoms with van der Waals surface area (Å²) in [4.78, 5) is 0. The van der Waals surface area contributed by atoms with Crippen LogP contribution < -0.4 is 30.0 Å². The van der Waals surface area contributed by atoms with Gasteiger partial charge in [0.05, 0.1) is 9.52 Å². The second kappa shape index (κ2) is 19.2. The Morgan fingerprint density at radius 3 is 1.19 bits per heavy atom. The smallest absolute Gasteiger partial charge is 1.00 e. The Bertz CT molecular complexity index is 1410. The maximum absolute atomic E-state index is 2.39. The summed E-state index contributed by atoms with van der Waals surface area (Å²) in [5.74, 6) is 2.42. The average Bonchev–Trinajstić information content (AvgIpc) is 3.48. The Morgan fingerprint density at radius 2 is 0.907 bits per heavy atom. The van der Waals surface area contributed by atoms with Crippen LogP contribution in [0.5, 0.6) is 0 Å². The molecule has 2 radical (unpaired) electrons. The molecule has 0 aliphatic carbocycles. The van der Waals surface area contributed by atoms with Gasteiger partial charge in [-0.05, 0) is 23.7 Å². The minimum Gasteiger partial charge on any atom is -1.00 e. The first-order chi connectivity index (χ1) is 18.9. The second-order valence-electron chi connectivity index (χ2n) is 12.5. The summed E-state index contributed by atoms with van der Waals surface area (Å²) in [6.07, 6.45) is 0. The molecule has 0 saturated carbocycles. The number of hydrogen-bond donors (Lipinski definition) is 0. The molecule has 228 valence electrons. The third kappa shape index (κ3) is 11.5.